The molecular formula is C25H28ClN3O. The van der Waals surface area contributed by atoms with Crippen molar-refractivity contribution in [1.82, 2.24) is 0 Å². The molecule has 4 nitrogen and oxygen atoms in total. The Bertz CT molecular complexity index is 1080. The molecule has 2 aromatic carbocycles. The van der Waals surface area contributed by atoms with E-state index in [0.717, 1.165) is 23.2 Å². The SMILES string of the molecule is Cc1cccc(NC(=O)/C(C#N)=C\c2cc3c(cc2Cl)N(C)C(C)(C)C[C@H]3C)c1C. The molecule has 0 radical (unpaired) electrons. The minimum atomic E-state index is -0.439. The summed E-state index contributed by atoms with van der Waals surface area (Å²) < 4.78 is 0. The molecule has 0 bridgehead atoms. The first-order chi connectivity index (χ1) is 14.0. The molecule has 1 aliphatic rings. The maximum atomic E-state index is 12.8. The van der Waals surface area contributed by atoms with E-state index >= 15 is 0 Å². The fourth-order valence-electron chi connectivity index (χ4n) is 4.10. The summed E-state index contributed by atoms with van der Waals surface area (Å²) in [5.41, 5.74) is 5.78. The van der Waals surface area contributed by atoms with Gasteiger partial charge >= 0.3 is 0 Å². The lowest BCUT2D eigenvalue weighted by Gasteiger charge is -2.45. The van der Waals surface area contributed by atoms with E-state index in [-0.39, 0.29) is 11.1 Å². The minimum absolute atomic E-state index is 0.0231. The number of carbonyl (C=O) groups is 1. The monoisotopic (exact) mass is 421 g/mol. The second-order valence-electron chi connectivity index (χ2n) is 8.78. The van der Waals surface area contributed by atoms with Gasteiger partial charge in [0.2, 0.25) is 0 Å². The molecule has 1 amide bonds. The number of hydrogen-bond donors (Lipinski definition) is 1. The zero-order valence-corrected chi connectivity index (χ0v) is 19.2. The Morgan fingerprint density at radius 3 is 2.70 bits per heavy atom. The lowest BCUT2D eigenvalue weighted by Crippen LogP contribution is -2.45. The molecule has 30 heavy (non-hydrogen) atoms. The van der Waals surface area contributed by atoms with E-state index in [9.17, 15) is 10.1 Å². The zero-order valence-electron chi connectivity index (χ0n) is 18.4. The van der Waals surface area contributed by atoms with Crippen molar-refractivity contribution in [3.8, 4) is 6.07 Å². The van der Waals surface area contributed by atoms with Crippen LogP contribution < -0.4 is 10.2 Å². The third kappa shape index (κ3) is 4.08. The molecule has 0 aliphatic carbocycles. The molecule has 156 valence electrons. The number of amides is 1. The molecular weight excluding hydrogens is 394 g/mol. The second-order valence-corrected chi connectivity index (χ2v) is 9.19. The van der Waals surface area contributed by atoms with Crippen molar-refractivity contribution in [2.45, 2.75) is 52.5 Å². The van der Waals surface area contributed by atoms with Crippen LogP contribution >= 0.6 is 11.6 Å². The maximum absolute atomic E-state index is 12.8. The molecule has 1 aliphatic heterocycles. The highest BCUT2D eigenvalue weighted by Crippen LogP contribution is 2.44. The molecule has 0 aromatic heterocycles. The van der Waals surface area contributed by atoms with Crippen LogP contribution in [0.4, 0.5) is 11.4 Å². The smallest absolute Gasteiger partial charge is 0.266 e. The van der Waals surface area contributed by atoms with E-state index in [4.69, 9.17) is 11.6 Å². The summed E-state index contributed by atoms with van der Waals surface area (Å²) in [5.74, 6) is -0.0868. The number of benzene rings is 2. The summed E-state index contributed by atoms with van der Waals surface area (Å²) in [7, 11) is 2.08. The van der Waals surface area contributed by atoms with Gasteiger partial charge in [0.15, 0.2) is 0 Å². The van der Waals surface area contributed by atoms with Crippen molar-refractivity contribution in [1.29, 1.82) is 5.26 Å². The van der Waals surface area contributed by atoms with Crippen molar-refractivity contribution in [3.05, 3.63) is 63.2 Å². The number of hydrogen-bond acceptors (Lipinski definition) is 3. The third-order valence-electron chi connectivity index (χ3n) is 6.27. The Balaban J connectivity index is 1.97. The molecule has 0 saturated heterocycles. The van der Waals surface area contributed by atoms with Crippen LogP contribution in [-0.4, -0.2) is 18.5 Å². The van der Waals surface area contributed by atoms with E-state index in [1.54, 1.807) is 6.08 Å². The fourth-order valence-corrected chi connectivity index (χ4v) is 4.31. The van der Waals surface area contributed by atoms with Crippen molar-refractivity contribution in [2.24, 2.45) is 0 Å². The first-order valence-corrected chi connectivity index (χ1v) is 10.5. The van der Waals surface area contributed by atoms with Gasteiger partial charge in [-0.15, -0.1) is 0 Å². The highest BCUT2D eigenvalue weighted by Gasteiger charge is 2.34. The lowest BCUT2D eigenvalue weighted by molar-refractivity contribution is -0.112. The summed E-state index contributed by atoms with van der Waals surface area (Å²) in [6.45, 7) is 10.6. The molecule has 0 saturated carbocycles. The Kier molecular flexibility index (Phi) is 5.97. The van der Waals surface area contributed by atoms with Crippen LogP contribution in [0.1, 0.15) is 55.4 Å². The molecule has 5 heteroatoms. The largest absolute Gasteiger partial charge is 0.369 e. The molecule has 1 N–H and O–H groups in total. The molecule has 0 unspecified atom stereocenters. The number of rotatable bonds is 3. The van der Waals surface area contributed by atoms with Crippen molar-refractivity contribution < 1.29 is 4.79 Å². The predicted molar refractivity (Wildman–Crippen MR) is 125 cm³/mol. The number of nitrogens with zero attached hydrogens (tertiary/aromatic N) is 2. The number of fused-ring (bicyclic) bond motifs is 1. The highest BCUT2D eigenvalue weighted by molar-refractivity contribution is 6.32. The predicted octanol–water partition coefficient (Wildman–Crippen LogP) is 6.22. The van der Waals surface area contributed by atoms with E-state index < -0.39 is 5.91 Å². The van der Waals surface area contributed by atoms with Gasteiger partial charge in [-0.25, -0.2) is 0 Å². The number of aryl methyl sites for hydroxylation is 1. The molecule has 1 atom stereocenters. The lowest BCUT2D eigenvalue weighted by atomic mass is 9.80. The van der Waals surface area contributed by atoms with Crippen molar-refractivity contribution >= 4 is 35.0 Å². The van der Waals surface area contributed by atoms with E-state index in [0.29, 0.717) is 22.2 Å². The number of halogens is 1. The van der Waals surface area contributed by atoms with Gasteiger partial charge in [-0.3, -0.25) is 4.79 Å². The van der Waals surface area contributed by atoms with Gasteiger partial charge < -0.3 is 10.2 Å². The van der Waals surface area contributed by atoms with Gasteiger partial charge in [-0.2, -0.15) is 5.26 Å². The van der Waals surface area contributed by atoms with Crippen molar-refractivity contribution in [2.75, 3.05) is 17.3 Å². The average Bonchev–Trinajstić information content (AvgIpc) is 2.68. The van der Waals surface area contributed by atoms with Crippen LogP contribution in [-0.2, 0) is 4.79 Å². The van der Waals surface area contributed by atoms with Crippen molar-refractivity contribution in [3.63, 3.8) is 0 Å². The van der Waals surface area contributed by atoms with E-state index in [1.807, 2.05) is 50.2 Å². The standard InChI is InChI=1S/C25H28ClN3O/c1-15-8-7-9-22(17(15)3)28-24(30)19(14-27)10-18-11-20-16(2)13-25(4,5)29(6)23(20)12-21(18)26/h7-12,16H,13H2,1-6H3,(H,28,30)/b19-10-/t16-/m1/s1. The summed E-state index contributed by atoms with van der Waals surface area (Å²) >= 11 is 6.57. The van der Waals surface area contributed by atoms with Gasteiger partial charge in [0.25, 0.3) is 5.91 Å². The fraction of sp³-hybridized carbons (Fsp3) is 0.360. The molecule has 2 aromatic rings. The summed E-state index contributed by atoms with van der Waals surface area (Å²) in [6, 6.07) is 11.7. The number of carbonyl (C=O) groups excluding carboxylic acids is 1. The Hall–Kier alpha value is -2.77. The molecule has 3 rings (SSSR count). The summed E-state index contributed by atoms with van der Waals surface area (Å²) in [4.78, 5) is 15.0. The molecule has 0 fully saturated rings. The summed E-state index contributed by atoms with van der Waals surface area (Å²) in [5, 5.41) is 13.0. The first kappa shape index (κ1) is 21.9. The minimum Gasteiger partial charge on any atom is -0.369 e. The first-order valence-electron chi connectivity index (χ1n) is 10.1. The number of nitrogens with one attached hydrogen (secondary N) is 1. The maximum Gasteiger partial charge on any atom is 0.266 e. The van der Waals surface area contributed by atoms with Crippen LogP contribution in [0.5, 0.6) is 0 Å². The number of anilines is 2. The van der Waals surface area contributed by atoms with Gasteiger partial charge in [0, 0.05) is 29.0 Å². The van der Waals surface area contributed by atoms with Crippen LogP contribution in [0.15, 0.2) is 35.9 Å². The third-order valence-corrected chi connectivity index (χ3v) is 6.60. The van der Waals surface area contributed by atoms with Gasteiger partial charge in [-0.05, 0) is 86.6 Å². The number of nitriles is 1. The topological polar surface area (TPSA) is 56.1 Å². The van der Waals surface area contributed by atoms with Crippen LogP contribution in [0.25, 0.3) is 6.08 Å². The summed E-state index contributed by atoms with van der Waals surface area (Å²) in [6.07, 6.45) is 2.59. The normalized spacial score (nSPS) is 17.9. The van der Waals surface area contributed by atoms with Crippen LogP contribution in [0.3, 0.4) is 0 Å². The Morgan fingerprint density at radius 2 is 2.03 bits per heavy atom. The Morgan fingerprint density at radius 1 is 1.33 bits per heavy atom. The zero-order chi connectivity index (χ0) is 22.2. The second kappa shape index (κ2) is 8.16. The Labute approximate surface area is 184 Å². The van der Waals surface area contributed by atoms with Gasteiger partial charge in [0.1, 0.15) is 11.6 Å². The van der Waals surface area contributed by atoms with Crippen LogP contribution in [0.2, 0.25) is 5.02 Å². The average molecular weight is 422 g/mol. The van der Waals surface area contributed by atoms with E-state index in [1.165, 1.54) is 5.56 Å². The highest BCUT2D eigenvalue weighted by atomic mass is 35.5. The quantitative estimate of drug-likeness (QED) is 0.472. The van der Waals surface area contributed by atoms with Gasteiger partial charge in [-0.1, -0.05) is 30.7 Å². The molecule has 0 spiro atoms. The van der Waals surface area contributed by atoms with Gasteiger partial charge in [0.05, 0.1) is 0 Å². The van der Waals surface area contributed by atoms with E-state index in [2.05, 4.69) is 38.0 Å². The van der Waals surface area contributed by atoms with Crippen LogP contribution in [0, 0.1) is 25.2 Å². The molecule has 1 heterocycles.